The first kappa shape index (κ1) is 20.6. The molecule has 0 saturated carbocycles. The lowest BCUT2D eigenvalue weighted by atomic mass is 10.0. The monoisotopic (exact) mass is 602 g/mol. The SMILES string of the molecule is [2H]c1c([2H])c([2H])c(-c2cccc3c2sc2cccc(-c4nc(-c5ccccc5)nc(-c5ccc6c(c5)sc5ccccc56)n4)c23)c([2H])c1[2H]. The van der Waals surface area contributed by atoms with Gasteiger partial charge in [0.25, 0.3) is 0 Å². The summed E-state index contributed by atoms with van der Waals surface area (Å²) in [5.74, 6) is 1.66. The molecule has 5 heteroatoms. The van der Waals surface area contributed by atoms with E-state index in [1.165, 1.54) is 26.8 Å². The predicted molar refractivity (Wildman–Crippen MR) is 187 cm³/mol. The van der Waals surface area contributed by atoms with E-state index < -0.39 is 6.04 Å². The number of nitrogens with zero attached hydrogens (tertiary/aromatic N) is 3. The van der Waals surface area contributed by atoms with E-state index in [4.69, 9.17) is 21.8 Å². The van der Waals surface area contributed by atoms with Gasteiger partial charge in [0.2, 0.25) is 0 Å². The number of hydrogen-bond donors (Lipinski definition) is 0. The zero-order valence-electron chi connectivity index (χ0n) is 28.1. The number of thiophene rings is 2. The second kappa shape index (κ2) is 10.2. The van der Waals surface area contributed by atoms with E-state index in [0.29, 0.717) is 23.0 Å². The van der Waals surface area contributed by atoms with Crippen molar-refractivity contribution in [1.29, 1.82) is 0 Å². The zero-order chi connectivity index (χ0) is 33.4. The van der Waals surface area contributed by atoms with Crippen LogP contribution in [0.25, 0.3) is 85.6 Å². The van der Waals surface area contributed by atoms with Crippen LogP contribution in [0.3, 0.4) is 0 Å². The van der Waals surface area contributed by atoms with Crippen molar-refractivity contribution >= 4 is 63.0 Å². The Bertz CT molecular complexity index is 2760. The highest BCUT2D eigenvalue weighted by atomic mass is 32.1. The average molecular weight is 603 g/mol. The van der Waals surface area contributed by atoms with E-state index in [1.54, 1.807) is 11.3 Å². The standard InChI is InChI=1S/C39H23N3S2/c1-3-11-24(12-4-1)27-16-9-17-30-35-31(18-10-20-33(35)44-36(27)30)39-41-37(25-13-5-2-6-14-25)40-38(42-39)26-21-22-29-28-15-7-8-19-32(28)43-34(29)23-26/h1-23H/i1D,3D,4D,11D,12D. The molecule has 0 fully saturated rings. The molecule has 0 radical (unpaired) electrons. The van der Waals surface area contributed by atoms with Gasteiger partial charge in [-0.25, -0.2) is 15.0 Å². The smallest absolute Gasteiger partial charge is 0.164 e. The van der Waals surface area contributed by atoms with Crippen molar-refractivity contribution in [3.05, 3.63) is 139 Å². The third kappa shape index (κ3) is 4.13. The molecule has 0 atom stereocenters. The highest BCUT2D eigenvalue weighted by molar-refractivity contribution is 7.26. The van der Waals surface area contributed by atoms with Crippen LogP contribution in [-0.2, 0) is 0 Å². The van der Waals surface area contributed by atoms with Crippen LogP contribution in [0.2, 0.25) is 0 Å². The normalized spacial score (nSPS) is 13.2. The first-order valence-corrected chi connectivity index (χ1v) is 15.8. The minimum absolute atomic E-state index is 0.190. The molecule has 0 aliphatic heterocycles. The number of fused-ring (bicyclic) bond motifs is 6. The van der Waals surface area contributed by atoms with Gasteiger partial charge in [-0.15, -0.1) is 22.7 Å². The van der Waals surface area contributed by atoms with Gasteiger partial charge in [-0.3, -0.25) is 0 Å². The van der Waals surface area contributed by atoms with Gasteiger partial charge in [-0.1, -0.05) is 121 Å². The topological polar surface area (TPSA) is 38.7 Å². The van der Waals surface area contributed by atoms with Crippen LogP contribution in [0, 0.1) is 0 Å². The van der Waals surface area contributed by atoms with Crippen LogP contribution in [0.5, 0.6) is 0 Å². The second-order valence-electron chi connectivity index (χ2n) is 10.4. The van der Waals surface area contributed by atoms with Crippen LogP contribution < -0.4 is 0 Å². The third-order valence-electron chi connectivity index (χ3n) is 7.84. The van der Waals surface area contributed by atoms with Gasteiger partial charge in [0, 0.05) is 57.0 Å². The Morgan fingerprint density at radius 1 is 0.455 bits per heavy atom. The van der Waals surface area contributed by atoms with Crippen LogP contribution in [0.4, 0.5) is 0 Å². The molecule has 0 N–H and O–H groups in total. The minimum Gasteiger partial charge on any atom is -0.208 e. The predicted octanol–water partition coefficient (Wildman–Crippen LogP) is 11.3. The van der Waals surface area contributed by atoms with Crippen LogP contribution in [0.15, 0.2) is 139 Å². The Morgan fingerprint density at radius 3 is 2.02 bits per heavy atom. The summed E-state index contributed by atoms with van der Waals surface area (Å²) in [4.78, 5) is 15.1. The number of hydrogen-bond acceptors (Lipinski definition) is 5. The molecule has 44 heavy (non-hydrogen) atoms. The maximum Gasteiger partial charge on any atom is 0.164 e. The van der Waals surface area contributed by atoms with Gasteiger partial charge in [-0.05, 0) is 29.3 Å². The highest BCUT2D eigenvalue weighted by Gasteiger charge is 2.18. The van der Waals surface area contributed by atoms with E-state index in [1.807, 2.05) is 66.7 Å². The first-order chi connectivity index (χ1) is 23.9. The fourth-order valence-corrected chi connectivity index (χ4v) is 8.22. The van der Waals surface area contributed by atoms with E-state index in [2.05, 4.69) is 42.5 Å². The lowest BCUT2D eigenvalue weighted by molar-refractivity contribution is 1.08. The summed E-state index contributed by atoms with van der Waals surface area (Å²) in [6, 6.07) is 34.8. The lowest BCUT2D eigenvalue weighted by Crippen LogP contribution is -2.00. The number of aromatic nitrogens is 3. The fourth-order valence-electron chi connectivity index (χ4n) is 5.82. The van der Waals surface area contributed by atoms with Crippen molar-refractivity contribution in [3.8, 4) is 45.3 Å². The number of benzene rings is 6. The van der Waals surface area contributed by atoms with Gasteiger partial charge < -0.3 is 0 Å². The van der Waals surface area contributed by atoms with E-state index in [0.717, 1.165) is 41.6 Å². The Morgan fingerprint density at radius 2 is 1.14 bits per heavy atom. The van der Waals surface area contributed by atoms with Crippen molar-refractivity contribution in [2.24, 2.45) is 0 Å². The van der Waals surface area contributed by atoms with Crippen LogP contribution in [-0.4, -0.2) is 15.0 Å². The Hall–Kier alpha value is -5.23. The maximum atomic E-state index is 8.66. The number of rotatable bonds is 4. The van der Waals surface area contributed by atoms with E-state index in [-0.39, 0.29) is 29.7 Å². The summed E-state index contributed by atoms with van der Waals surface area (Å²) in [5.41, 5.74) is 3.38. The molecule has 0 saturated heterocycles. The van der Waals surface area contributed by atoms with Gasteiger partial charge in [0.05, 0.1) is 6.85 Å². The third-order valence-corrected chi connectivity index (χ3v) is 10.2. The minimum atomic E-state index is -0.407. The quantitative estimate of drug-likeness (QED) is 0.201. The average Bonchev–Trinajstić information content (AvgIpc) is 3.72. The molecule has 3 aromatic heterocycles. The molecule has 0 unspecified atom stereocenters. The zero-order valence-corrected chi connectivity index (χ0v) is 24.7. The van der Waals surface area contributed by atoms with Crippen molar-refractivity contribution < 1.29 is 6.85 Å². The summed E-state index contributed by atoms with van der Waals surface area (Å²) in [7, 11) is 0. The van der Waals surface area contributed by atoms with E-state index in [9.17, 15) is 0 Å². The molecule has 0 spiro atoms. The largest absolute Gasteiger partial charge is 0.208 e. The molecule has 0 aliphatic carbocycles. The molecular weight excluding hydrogens is 575 g/mol. The summed E-state index contributed by atoms with van der Waals surface area (Å²) >= 11 is 3.27. The molecule has 0 bridgehead atoms. The summed E-state index contributed by atoms with van der Waals surface area (Å²) in [6.45, 7) is 0. The molecule has 0 amide bonds. The van der Waals surface area contributed by atoms with Crippen LogP contribution >= 0.6 is 22.7 Å². The summed E-state index contributed by atoms with van der Waals surface area (Å²) in [5, 5.41) is 4.27. The molecule has 0 aliphatic rings. The Balaban J connectivity index is 1.28. The van der Waals surface area contributed by atoms with E-state index >= 15 is 0 Å². The fraction of sp³-hybridized carbons (Fsp3) is 0. The van der Waals surface area contributed by atoms with Gasteiger partial charge >= 0.3 is 0 Å². The van der Waals surface area contributed by atoms with Gasteiger partial charge in [0.15, 0.2) is 17.5 Å². The van der Waals surface area contributed by atoms with Gasteiger partial charge in [0.1, 0.15) is 0 Å². The molecule has 6 aromatic carbocycles. The van der Waals surface area contributed by atoms with Crippen molar-refractivity contribution in [2.45, 2.75) is 0 Å². The highest BCUT2D eigenvalue weighted by Crippen LogP contribution is 2.44. The van der Waals surface area contributed by atoms with Crippen LogP contribution in [0.1, 0.15) is 6.85 Å². The molecule has 9 rings (SSSR count). The molecule has 3 nitrogen and oxygen atoms in total. The van der Waals surface area contributed by atoms with Crippen molar-refractivity contribution in [2.75, 3.05) is 0 Å². The first-order valence-electron chi connectivity index (χ1n) is 16.6. The second-order valence-corrected chi connectivity index (χ2v) is 12.6. The van der Waals surface area contributed by atoms with Crippen molar-refractivity contribution in [3.63, 3.8) is 0 Å². The molecule has 9 aromatic rings. The Kier molecular flexibility index (Phi) is 4.78. The molecule has 3 heterocycles. The van der Waals surface area contributed by atoms with Gasteiger partial charge in [-0.2, -0.15) is 0 Å². The maximum absolute atomic E-state index is 8.66. The molecular formula is C39H23N3S2. The summed E-state index contributed by atoms with van der Waals surface area (Å²) in [6.07, 6.45) is 0. The van der Waals surface area contributed by atoms with Crippen molar-refractivity contribution in [1.82, 2.24) is 15.0 Å². The summed E-state index contributed by atoms with van der Waals surface area (Å²) < 4.78 is 46.1. The molecule has 206 valence electrons. The Labute approximate surface area is 268 Å². The lowest BCUT2D eigenvalue weighted by Gasteiger charge is -2.10.